The van der Waals surface area contributed by atoms with Crippen LogP contribution in [0.1, 0.15) is 36.7 Å². The topological polar surface area (TPSA) is 59.3 Å². The standard InChI is InChI=1S/C16H18N4OS/c1-4-12-5-7-13(8-6-12)11(3)18-15-19-20-14(21)9-10(2)17-16(20)22-15/h5-9,11H,4H2,1-3H3,(H,18,19)/t11-/m0/s1. The molecule has 1 aromatic carbocycles. The van der Waals surface area contributed by atoms with Crippen molar-refractivity contribution >= 4 is 21.4 Å². The maximum absolute atomic E-state index is 11.9. The fourth-order valence-electron chi connectivity index (χ4n) is 2.29. The van der Waals surface area contributed by atoms with Crippen molar-refractivity contribution in [3.05, 3.63) is 57.5 Å². The lowest BCUT2D eigenvalue weighted by atomic mass is 10.1. The van der Waals surface area contributed by atoms with Crippen LogP contribution in [0.15, 0.2) is 35.1 Å². The number of benzene rings is 1. The predicted molar refractivity (Wildman–Crippen MR) is 89.7 cm³/mol. The molecule has 114 valence electrons. The van der Waals surface area contributed by atoms with Gasteiger partial charge in [0.05, 0.1) is 6.04 Å². The summed E-state index contributed by atoms with van der Waals surface area (Å²) in [6, 6.07) is 10.1. The second-order valence-electron chi connectivity index (χ2n) is 5.30. The summed E-state index contributed by atoms with van der Waals surface area (Å²) in [6.45, 7) is 6.03. The average Bonchev–Trinajstić information content (AvgIpc) is 2.90. The van der Waals surface area contributed by atoms with E-state index in [-0.39, 0.29) is 11.6 Å². The zero-order valence-corrected chi connectivity index (χ0v) is 13.6. The summed E-state index contributed by atoms with van der Waals surface area (Å²) in [4.78, 5) is 16.8. The molecule has 0 spiro atoms. The lowest BCUT2D eigenvalue weighted by Gasteiger charge is -2.13. The van der Waals surface area contributed by atoms with Crippen molar-refractivity contribution in [2.24, 2.45) is 0 Å². The Morgan fingerprint density at radius 1 is 1.32 bits per heavy atom. The van der Waals surface area contributed by atoms with Gasteiger partial charge in [-0.05, 0) is 31.4 Å². The quantitative estimate of drug-likeness (QED) is 0.803. The molecule has 5 nitrogen and oxygen atoms in total. The maximum Gasteiger partial charge on any atom is 0.275 e. The van der Waals surface area contributed by atoms with Gasteiger partial charge in [0.15, 0.2) is 0 Å². The van der Waals surface area contributed by atoms with E-state index in [1.165, 1.54) is 33.0 Å². The van der Waals surface area contributed by atoms with Crippen molar-refractivity contribution in [3.63, 3.8) is 0 Å². The van der Waals surface area contributed by atoms with E-state index in [9.17, 15) is 4.79 Å². The summed E-state index contributed by atoms with van der Waals surface area (Å²) in [5, 5.41) is 8.34. The number of hydrogen-bond donors (Lipinski definition) is 1. The molecule has 1 N–H and O–H groups in total. The lowest BCUT2D eigenvalue weighted by molar-refractivity contribution is 0.844. The molecule has 0 radical (unpaired) electrons. The summed E-state index contributed by atoms with van der Waals surface area (Å²) in [6.07, 6.45) is 1.04. The van der Waals surface area contributed by atoms with Gasteiger partial charge >= 0.3 is 0 Å². The Bertz CT molecular complexity index is 851. The second kappa shape index (κ2) is 5.88. The van der Waals surface area contributed by atoms with E-state index in [0.717, 1.165) is 6.42 Å². The van der Waals surface area contributed by atoms with E-state index in [4.69, 9.17) is 0 Å². The van der Waals surface area contributed by atoms with Crippen LogP contribution >= 0.6 is 11.3 Å². The molecule has 2 aromatic heterocycles. The van der Waals surface area contributed by atoms with E-state index in [0.29, 0.717) is 15.8 Å². The lowest BCUT2D eigenvalue weighted by Crippen LogP contribution is -2.14. The highest BCUT2D eigenvalue weighted by molar-refractivity contribution is 7.20. The molecule has 0 fully saturated rings. The Labute approximate surface area is 132 Å². The molecule has 0 aliphatic carbocycles. The van der Waals surface area contributed by atoms with Crippen LogP contribution in [0, 0.1) is 6.92 Å². The van der Waals surface area contributed by atoms with Crippen LogP contribution in [0.5, 0.6) is 0 Å². The average molecular weight is 314 g/mol. The molecular formula is C16H18N4OS. The van der Waals surface area contributed by atoms with E-state index < -0.39 is 0 Å². The normalized spacial score (nSPS) is 12.5. The van der Waals surface area contributed by atoms with E-state index in [1.54, 1.807) is 0 Å². The van der Waals surface area contributed by atoms with Crippen molar-refractivity contribution in [2.45, 2.75) is 33.2 Å². The maximum atomic E-state index is 11.9. The number of nitrogens with zero attached hydrogens (tertiary/aromatic N) is 3. The molecule has 1 atom stereocenters. The molecule has 3 rings (SSSR count). The Kier molecular flexibility index (Phi) is 3.94. The first-order valence-electron chi connectivity index (χ1n) is 7.29. The van der Waals surface area contributed by atoms with Crippen molar-refractivity contribution in [1.29, 1.82) is 0 Å². The third kappa shape index (κ3) is 2.87. The van der Waals surface area contributed by atoms with Crippen LogP contribution in [-0.2, 0) is 6.42 Å². The molecule has 0 bridgehead atoms. The molecule has 0 amide bonds. The van der Waals surface area contributed by atoms with Gasteiger partial charge in [-0.1, -0.05) is 42.5 Å². The van der Waals surface area contributed by atoms with Gasteiger partial charge in [0, 0.05) is 11.8 Å². The first-order chi connectivity index (χ1) is 10.6. The van der Waals surface area contributed by atoms with Crippen molar-refractivity contribution in [1.82, 2.24) is 14.6 Å². The number of fused-ring (bicyclic) bond motifs is 1. The zero-order chi connectivity index (χ0) is 15.7. The third-order valence-corrected chi connectivity index (χ3v) is 4.44. The van der Waals surface area contributed by atoms with Crippen LogP contribution in [-0.4, -0.2) is 14.6 Å². The van der Waals surface area contributed by atoms with Gasteiger partial charge < -0.3 is 5.32 Å². The molecule has 0 saturated heterocycles. The summed E-state index contributed by atoms with van der Waals surface area (Å²) in [5.41, 5.74) is 3.07. The van der Waals surface area contributed by atoms with Crippen LogP contribution in [0.3, 0.4) is 0 Å². The van der Waals surface area contributed by atoms with E-state index >= 15 is 0 Å². The zero-order valence-electron chi connectivity index (χ0n) is 12.8. The van der Waals surface area contributed by atoms with Crippen LogP contribution < -0.4 is 10.9 Å². The minimum absolute atomic E-state index is 0.114. The third-order valence-electron chi connectivity index (χ3n) is 3.60. The molecule has 0 aliphatic heterocycles. The smallest absolute Gasteiger partial charge is 0.275 e. The number of aromatic nitrogens is 3. The minimum atomic E-state index is -0.147. The van der Waals surface area contributed by atoms with Crippen molar-refractivity contribution < 1.29 is 0 Å². The Morgan fingerprint density at radius 3 is 2.73 bits per heavy atom. The molecule has 22 heavy (non-hydrogen) atoms. The largest absolute Gasteiger partial charge is 0.354 e. The van der Waals surface area contributed by atoms with E-state index in [2.05, 4.69) is 53.5 Å². The second-order valence-corrected chi connectivity index (χ2v) is 6.25. The van der Waals surface area contributed by atoms with Crippen molar-refractivity contribution in [2.75, 3.05) is 5.32 Å². The monoisotopic (exact) mass is 314 g/mol. The number of anilines is 1. The van der Waals surface area contributed by atoms with Gasteiger partial charge in [0.2, 0.25) is 10.1 Å². The number of hydrogen-bond acceptors (Lipinski definition) is 5. The number of aryl methyl sites for hydroxylation is 2. The molecule has 0 saturated carbocycles. The van der Waals surface area contributed by atoms with Gasteiger partial charge in [0.1, 0.15) is 0 Å². The fraction of sp³-hybridized carbons (Fsp3) is 0.312. The molecule has 3 aromatic rings. The minimum Gasteiger partial charge on any atom is -0.354 e. The summed E-state index contributed by atoms with van der Waals surface area (Å²) in [7, 11) is 0. The predicted octanol–water partition coefficient (Wildman–Crippen LogP) is 3.19. The van der Waals surface area contributed by atoms with Gasteiger partial charge in [-0.2, -0.15) is 4.52 Å². The highest BCUT2D eigenvalue weighted by Gasteiger charge is 2.11. The Balaban J connectivity index is 1.85. The van der Waals surface area contributed by atoms with Gasteiger partial charge in [-0.15, -0.1) is 5.10 Å². The number of rotatable bonds is 4. The first kappa shape index (κ1) is 14.7. The number of nitrogens with one attached hydrogen (secondary N) is 1. The van der Waals surface area contributed by atoms with Crippen molar-refractivity contribution in [3.8, 4) is 0 Å². The first-order valence-corrected chi connectivity index (χ1v) is 8.11. The molecule has 0 unspecified atom stereocenters. The fourth-order valence-corrected chi connectivity index (χ4v) is 3.23. The van der Waals surface area contributed by atoms with Crippen LogP contribution in [0.2, 0.25) is 0 Å². The Morgan fingerprint density at radius 2 is 2.05 bits per heavy atom. The van der Waals surface area contributed by atoms with Crippen LogP contribution in [0.25, 0.3) is 4.96 Å². The molecular weight excluding hydrogens is 296 g/mol. The van der Waals surface area contributed by atoms with Crippen LogP contribution in [0.4, 0.5) is 5.13 Å². The highest BCUT2D eigenvalue weighted by atomic mass is 32.1. The molecule has 2 heterocycles. The summed E-state index contributed by atoms with van der Waals surface area (Å²) in [5.74, 6) is 0. The van der Waals surface area contributed by atoms with Gasteiger partial charge in [0.25, 0.3) is 5.56 Å². The molecule has 6 heteroatoms. The van der Waals surface area contributed by atoms with E-state index in [1.807, 2.05) is 6.92 Å². The highest BCUT2D eigenvalue weighted by Crippen LogP contribution is 2.23. The summed E-state index contributed by atoms with van der Waals surface area (Å²) < 4.78 is 1.34. The van der Waals surface area contributed by atoms with Gasteiger partial charge in [-0.3, -0.25) is 4.79 Å². The van der Waals surface area contributed by atoms with Gasteiger partial charge in [-0.25, -0.2) is 4.98 Å². The molecule has 0 aliphatic rings. The summed E-state index contributed by atoms with van der Waals surface area (Å²) >= 11 is 1.39. The Hall–Kier alpha value is -2.21. The SMILES string of the molecule is CCc1ccc([C@H](C)Nc2nn3c(=O)cc(C)nc3s2)cc1.